The summed E-state index contributed by atoms with van der Waals surface area (Å²) < 4.78 is 32.0. The Morgan fingerprint density at radius 2 is 0.591 bits per heavy atom. The van der Waals surface area contributed by atoms with Crippen molar-refractivity contribution in [3.8, 4) is 0 Å². The van der Waals surface area contributed by atoms with Crippen LogP contribution >= 0.6 is 0 Å². The Kier molecular flexibility index (Phi) is 27.4. The Morgan fingerprint density at radius 3 is 0.682 bits per heavy atom. The van der Waals surface area contributed by atoms with Crippen LogP contribution in [0.3, 0.4) is 0 Å². The standard InChI is InChI=1S/C12H24O6.K.HNO2/c1-2-14-5-6-16-9-10-18-12-11-17-8-7-15-4-3-13-1;;2-1-3/h1-12H2;;(H,2,3)/q;+1;/p-1. The fourth-order valence-corrected chi connectivity index (χ4v) is 1.32. The molecule has 0 amide bonds. The molecule has 0 unspecified atom stereocenters. The van der Waals surface area contributed by atoms with Crippen LogP contribution < -0.4 is 51.4 Å². The molecule has 10 heteroatoms. The van der Waals surface area contributed by atoms with Gasteiger partial charge in [0.25, 0.3) is 0 Å². The molecule has 126 valence electrons. The second kappa shape index (κ2) is 24.1. The SMILES string of the molecule is C1COCCOCCOCCOCCOCCO1.O=N[O-].[K+]. The Labute approximate surface area is 173 Å². The molecule has 0 bridgehead atoms. The average molecular weight is 349 g/mol. The fourth-order valence-electron chi connectivity index (χ4n) is 1.32. The first kappa shape index (κ1) is 25.0. The van der Waals surface area contributed by atoms with Gasteiger partial charge in [-0.3, -0.25) is 0 Å². The van der Waals surface area contributed by atoms with Crippen molar-refractivity contribution in [1.29, 1.82) is 0 Å². The quantitative estimate of drug-likeness (QED) is 0.265. The fraction of sp³-hybridized carbons (Fsp3) is 1.00. The Bertz CT molecular complexity index is 139. The predicted octanol–water partition coefficient (Wildman–Crippen LogP) is -2.65. The van der Waals surface area contributed by atoms with Crippen molar-refractivity contribution in [3.05, 3.63) is 10.1 Å². The van der Waals surface area contributed by atoms with Gasteiger partial charge in [-0.25, -0.2) is 0 Å². The maximum atomic E-state index is 8.00. The van der Waals surface area contributed by atoms with Crippen LogP contribution in [0.2, 0.25) is 0 Å². The van der Waals surface area contributed by atoms with E-state index in [1.807, 2.05) is 0 Å². The molecule has 0 aromatic rings. The molecular formula is C12H24KNO8. The summed E-state index contributed by atoms with van der Waals surface area (Å²) in [7, 11) is 0. The van der Waals surface area contributed by atoms with Crippen LogP contribution in [0, 0.1) is 10.1 Å². The first-order valence-electron chi connectivity index (χ1n) is 6.83. The van der Waals surface area contributed by atoms with E-state index >= 15 is 0 Å². The summed E-state index contributed by atoms with van der Waals surface area (Å²) in [4.78, 5) is 8.00. The molecule has 0 N–H and O–H groups in total. The van der Waals surface area contributed by atoms with Gasteiger partial charge < -0.3 is 38.5 Å². The van der Waals surface area contributed by atoms with Crippen LogP contribution in [0.5, 0.6) is 0 Å². The molecule has 22 heavy (non-hydrogen) atoms. The molecule has 0 spiro atoms. The second-order valence-corrected chi connectivity index (χ2v) is 3.75. The van der Waals surface area contributed by atoms with Crippen molar-refractivity contribution < 1.29 is 79.8 Å². The number of rotatable bonds is 0. The molecule has 0 saturated carbocycles. The maximum Gasteiger partial charge on any atom is 1.00 e. The molecular weight excluding hydrogens is 325 g/mol. The van der Waals surface area contributed by atoms with Gasteiger partial charge in [-0.1, -0.05) is 0 Å². The van der Waals surface area contributed by atoms with E-state index in [0.717, 1.165) is 5.34 Å². The van der Waals surface area contributed by atoms with E-state index in [1.54, 1.807) is 0 Å². The molecule has 0 atom stereocenters. The summed E-state index contributed by atoms with van der Waals surface area (Å²) in [5.41, 5.74) is 0. The van der Waals surface area contributed by atoms with Crippen LogP contribution in [0.4, 0.5) is 0 Å². The van der Waals surface area contributed by atoms with E-state index in [1.165, 1.54) is 0 Å². The van der Waals surface area contributed by atoms with Crippen LogP contribution in [0.1, 0.15) is 0 Å². The van der Waals surface area contributed by atoms with E-state index in [4.69, 9.17) is 38.5 Å². The number of ether oxygens (including phenoxy) is 6. The molecule has 1 aliphatic rings. The van der Waals surface area contributed by atoms with Gasteiger partial charge in [0.2, 0.25) is 0 Å². The first-order chi connectivity index (χ1) is 10.4. The molecule has 0 aromatic heterocycles. The largest absolute Gasteiger partial charge is 1.00 e. The Balaban J connectivity index is 0. The Hall–Kier alpha value is 0.796. The number of nitrogens with zero attached hydrogens (tertiary/aromatic N) is 1. The second-order valence-electron chi connectivity index (χ2n) is 3.75. The van der Waals surface area contributed by atoms with Gasteiger partial charge in [0.1, 0.15) is 0 Å². The average Bonchev–Trinajstić information content (AvgIpc) is 2.48. The summed E-state index contributed by atoms with van der Waals surface area (Å²) in [6, 6.07) is 0. The monoisotopic (exact) mass is 349 g/mol. The van der Waals surface area contributed by atoms with Gasteiger partial charge in [-0.15, -0.1) is 5.34 Å². The van der Waals surface area contributed by atoms with Crippen LogP contribution in [-0.2, 0) is 28.4 Å². The van der Waals surface area contributed by atoms with Gasteiger partial charge in [0, 0.05) is 0 Å². The van der Waals surface area contributed by atoms with Crippen molar-refractivity contribution in [2.45, 2.75) is 0 Å². The van der Waals surface area contributed by atoms with E-state index in [2.05, 4.69) is 0 Å². The molecule has 1 fully saturated rings. The van der Waals surface area contributed by atoms with Gasteiger partial charge in [0.15, 0.2) is 0 Å². The molecule has 0 aliphatic carbocycles. The minimum Gasteiger partial charge on any atom is -0.444 e. The molecule has 1 aliphatic heterocycles. The third kappa shape index (κ3) is 23.1. The molecule has 0 aromatic carbocycles. The van der Waals surface area contributed by atoms with Crippen molar-refractivity contribution in [2.24, 2.45) is 5.34 Å². The van der Waals surface area contributed by atoms with E-state index in [-0.39, 0.29) is 51.4 Å². The smallest absolute Gasteiger partial charge is 0.444 e. The number of hydrogen-bond donors (Lipinski definition) is 0. The zero-order chi connectivity index (χ0) is 15.4. The van der Waals surface area contributed by atoms with Crippen LogP contribution in [0.25, 0.3) is 0 Å². The normalized spacial score (nSPS) is 20.2. The van der Waals surface area contributed by atoms with Gasteiger partial charge in [0.05, 0.1) is 79.3 Å². The Morgan fingerprint density at radius 1 is 0.500 bits per heavy atom. The summed E-state index contributed by atoms with van der Waals surface area (Å²) >= 11 is 0. The van der Waals surface area contributed by atoms with Gasteiger partial charge >= 0.3 is 51.4 Å². The summed E-state index contributed by atoms with van der Waals surface area (Å²) in [5.74, 6) is 0. The third-order valence-corrected chi connectivity index (χ3v) is 2.23. The summed E-state index contributed by atoms with van der Waals surface area (Å²) in [6.45, 7) is 7.04. The van der Waals surface area contributed by atoms with Gasteiger partial charge in [-0.2, -0.15) is 0 Å². The predicted molar refractivity (Wildman–Crippen MR) is 74.1 cm³/mol. The molecule has 1 rings (SSSR count). The summed E-state index contributed by atoms with van der Waals surface area (Å²) in [6.07, 6.45) is 0. The zero-order valence-electron chi connectivity index (χ0n) is 13.2. The molecule has 9 nitrogen and oxygen atoms in total. The minimum absolute atomic E-state index is 0. The molecule has 1 saturated heterocycles. The topological polar surface area (TPSA) is 108 Å². The van der Waals surface area contributed by atoms with Gasteiger partial charge in [-0.05, 0) is 0 Å². The maximum absolute atomic E-state index is 8.00. The zero-order valence-corrected chi connectivity index (χ0v) is 16.3. The molecule has 1 heterocycles. The van der Waals surface area contributed by atoms with E-state index < -0.39 is 0 Å². The van der Waals surface area contributed by atoms with Crippen LogP contribution in [-0.4, -0.2) is 79.3 Å². The minimum atomic E-state index is 0. The van der Waals surface area contributed by atoms with Crippen LogP contribution in [0.15, 0.2) is 5.34 Å². The first-order valence-corrected chi connectivity index (χ1v) is 6.83. The molecule has 0 radical (unpaired) electrons. The van der Waals surface area contributed by atoms with Crippen molar-refractivity contribution in [3.63, 3.8) is 0 Å². The van der Waals surface area contributed by atoms with E-state index in [0.29, 0.717) is 79.3 Å². The van der Waals surface area contributed by atoms with E-state index in [9.17, 15) is 0 Å². The van der Waals surface area contributed by atoms with Crippen molar-refractivity contribution in [1.82, 2.24) is 0 Å². The third-order valence-electron chi connectivity index (χ3n) is 2.23. The number of hydrogen-bond acceptors (Lipinski definition) is 9. The summed E-state index contributed by atoms with van der Waals surface area (Å²) in [5, 5.41) is 9.00. The van der Waals surface area contributed by atoms with Crippen molar-refractivity contribution in [2.75, 3.05) is 79.3 Å². The van der Waals surface area contributed by atoms with Crippen molar-refractivity contribution >= 4 is 0 Å².